The molecular weight excluding hydrogens is 382 g/mol. The van der Waals surface area contributed by atoms with Gasteiger partial charge in [0, 0.05) is 24.9 Å². The third-order valence-electron chi connectivity index (χ3n) is 3.95. The fraction of sp³-hybridized carbons (Fsp3) is 0.500. The Kier molecular flexibility index (Phi) is 6.85. The predicted molar refractivity (Wildman–Crippen MR) is 97.0 cm³/mol. The van der Waals surface area contributed by atoms with Crippen molar-refractivity contribution in [2.45, 2.75) is 30.7 Å². The van der Waals surface area contributed by atoms with E-state index < -0.39 is 9.84 Å². The number of rotatable bonds is 7. The zero-order chi connectivity index (χ0) is 17.9. The molecule has 1 aromatic heterocycles. The summed E-state index contributed by atoms with van der Waals surface area (Å²) in [6.45, 7) is 2.87. The van der Waals surface area contributed by atoms with Gasteiger partial charge in [-0.2, -0.15) is 4.98 Å². The summed E-state index contributed by atoms with van der Waals surface area (Å²) in [5.41, 5.74) is 0. The number of benzene rings is 1. The maximum absolute atomic E-state index is 12.5. The molecule has 0 amide bonds. The highest BCUT2D eigenvalue weighted by molar-refractivity contribution is 7.91. The van der Waals surface area contributed by atoms with E-state index in [4.69, 9.17) is 14.0 Å². The van der Waals surface area contributed by atoms with Crippen molar-refractivity contribution in [1.29, 1.82) is 0 Å². The summed E-state index contributed by atoms with van der Waals surface area (Å²) in [6.07, 6.45) is 0.784. The molecule has 2 aromatic rings. The van der Waals surface area contributed by atoms with E-state index in [0.29, 0.717) is 42.8 Å². The summed E-state index contributed by atoms with van der Waals surface area (Å²) in [5, 5.41) is 6.96. The lowest BCUT2D eigenvalue weighted by molar-refractivity contribution is 0.171. The minimum Gasteiger partial charge on any atom is -0.486 e. The van der Waals surface area contributed by atoms with Gasteiger partial charge in [0.15, 0.2) is 27.2 Å². The van der Waals surface area contributed by atoms with Crippen LogP contribution in [0, 0.1) is 0 Å². The van der Waals surface area contributed by atoms with Crippen molar-refractivity contribution in [1.82, 2.24) is 15.5 Å². The van der Waals surface area contributed by atoms with Crippen LogP contribution in [0.4, 0.5) is 0 Å². The van der Waals surface area contributed by atoms with Gasteiger partial charge in [0.05, 0.1) is 10.6 Å². The summed E-state index contributed by atoms with van der Waals surface area (Å²) in [7, 11) is -1.63. The van der Waals surface area contributed by atoms with Gasteiger partial charge >= 0.3 is 0 Å². The maximum atomic E-state index is 12.5. The molecule has 3 rings (SSSR count). The molecule has 2 heterocycles. The fourth-order valence-corrected chi connectivity index (χ4v) is 3.65. The SMILES string of the molecule is CNC(C)Cc1noc(CCS(=O)(=O)c2ccc3c(c2)OCCO3)n1.Cl. The molecule has 10 heteroatoms. The smallest absolute Gasteiger partial charge is 0.227 e. The quantitative estimate of drug-likeness (QED) is 0.740. The lowest BCUT2D eigenvalue weighted by Gasteiger charge is -2.18. The number of fused-ring (bicyclic) bond motifs is 1. The van der Waals surface area contributed by atoms with Crippen LogP contribution in [0.5, 0.6) is 11.5 Å². The first-order chi connectivity index (χ1) is 12.0. The maximum Gasteiger partial charge on any atom is 0.227 e. The average molecular weight is 404 g/mol. The summed E-state index contributed by atoms with van der Waals surface area (Å²) in [4.78, 5) is 4.43. The molecule has 26 heavy (non-hydrogen) atoms. The molecular formula is C16H22ClN3O5S. The Hall–Kier alpha value is -1.84. The number of nitrogens with one attached hydrogen (secondary N) is 1. The molecule has 0 fully saturated rings. The first-order valence-electron chi connectivity index (χ1n) is 8.09. The number of halogens is 1. The van der Waals surface area contributed by atoms with E-state index in [-0.39, 0.29) is 35.5 Å². The van der Waals surface area contributed by atoms with Crippen LogP contribution in [0.15, 0.2) is 27.6 Å². The van der Waals surface area contributed by atoms with Gasteiger partial charge in [0.1, 0.15) is 13.2 Å². The molecule has 0 saturated heterocycles. The third-order valence-corrected chi connectivity index (χ3v) is 5.66. The van der Waals surface area contributed by atoms with E-state index >= 15 is 0 Å². The summed E-state index contributed by atoms with van der Waals surface area (Å²) in [6, 6.07) is 4.85. The van der Waals surface area contributed by atoms with Gasteiger partial charge in [-0.25, -0.2) is 8.42 Å². The van der Waals surface area contributed by atoms with Gasteiger partial charge < -0.3 is 19.3 Å². The van der Waals surface area contributed by atoms with Crippen LogP contribution in [-0.4, -0.2) is 50.6 Å². The number of aryl methyl sites for hydroxylation is 1. The van der Waals surface area contributed by atoms with Crippen molar-refractivity contribution in [2.24, 2.45) is 0 Å². The molecule has 8 nitrogen and oxygen atoms in total. The average Bonchev–Trinajstić information content (AvgIpc) is 3.07. The van der Waals surface area contributed by atoms with Crippen LogP contribution in [0.25, 0.3) is 0 Å². The van der Waals surface area contributed by atoms with Crippen LogP contribution in [0.1, 0.15) is 18.6 Å². The molecule has 1 aliphatic rings. The van der Waals surface area contributed by atoms with Crippen molar-refractivity contribution in [2.75, 3.05) is 26.0 Å². The largest absolute Gasteiger partial charge is 0.486 e. The number of sulfone groups is 1. The molecule has 0 bridgehead atoms. The van der Waals surface area contributed by atoms with E-state index in [1.165, 1.54) is 12.1 Å². The Labute approximate surface area is 158 Å². The van der Waals surface area contributed by atoms with Gasteiger partial charge in [-0.15, -0.1) is 12.4 Å². The summed E-state index contributed by atoms with van der Waals surface area (Å²) in [5.74, 6) is 1.78. The second-order valence-electron chi connectivity index (χ2n) is 5.87. The summed E-state index contributed by atoms with van der Waals surface area (Å²) >= 11 is 0. The van der Waals surface area contributed by atoms with Crippen LogP contribution in [0.3, 0.4) is 0 Å². The fourth-order valence-electron chi connectivity index (χ4n) is 2.41. The highest BCUT2D eigenvalue weighted by Gasteiger charge is 2.21. The molecule has 1 unspecified atom stereocenters. The van der Waals surface area contributed by atoms with Gasteiger partial charge in [0.25, 0.3) is 0 Å². The van der Waals surface area contributed by atoms with Crippen LogP contribution in [-0.2, 0) is 22.7 Å². The summed E-state index contributed by atoms with van der Waals surface area (Å²) < 4.78 is 41.0. The lowest BCUT2D eigenvalue weighted by atomic mass is 10.2. The van der Waals surface area contributed by atoms with Crippen LogP contribution in [0.2, 0.25) is 0 Å². The number of hydrogen-bond donors (Lipinski definition) is 1. The molecule has 1 aliphatic heterocycles. The van der Waals surface area contributed by atoms with E-state index in [0.717, 1.165) is 0 Å². The first-order valence-corrected chi connectivity index (χ1v) is 9.74. The van der Waals surface area contributed by atoms with Crippen molar-refractivity contribution in [3.8, 4) is 11.5 Å². The van der Waals surface area contributed by atoms with E-state index in [2.05, 4.69) is 15.5 Å². The predicted octanol–water partition coefficient (Wildman–Crippen LogP) is 1.43. The Morgan fingerprint density at radius 1 is 1.23 bits per heavy atom. The standard InChI is InChI=1S/C16H21N3O5S.ClH/c1-11(17-2)9-15-18-16(24-19-15)5-8-25(20,21)12-3-4-13-14(10-12)23-7-6-22-13;/h3-4,10-11,17H,5-9H2,1-2H3;1H. The Balaban J connectivity index is 0.00000243. The van der Waals surface area contributed by atoms with Crippen molar-refractivity contribution in [3.63, 3.8) is 0 Å². The molecule has 0 radical (unpaired) electrons. The van der Waals surface area contributed by atoms with Crippen molar-refractivity contribution in [3.05, 3.63) is 29.9 Å². The normalized spacial score (nSPS) is 14.5. The highest BCUT2D eigenvalue weighted by Crippen LogP contribution is 2.32. The lowest BCUT2D eigenvalue weighted by Crippen LogP contribution is -2.24. The van der Waals surface area contributed by atoms with Gasteiger partial charge in [-0.3, -0.25) is 0 Å². The monoisotopic (exact) mass is 403 g/mol. The zero-order valence-electron chi connectivity index (χ0n) is 14.6. The molecule has 1 N–H and O–H groups in total. The molecule has 0 aliphatic carbocycles. The number of ether oxygens (including phenoxy) is 2. The number of hydrogen-bond acceptors (Lipinski definition) is 8. The van der Waals surface area contributed by atoms with E-state index in [1.54, 1.807) is 6.07 Å². The van der Waals surface area contributed by atoms with Crippen molar-refractivity contribution < 1.29 is 22.4 Å². The zero-order valence-corrected chi connectivity index (χ0v) is 16.2. The minimum absolute atomic E-state index is 0. The Morgan fingerprint density at radius 2 is 1.96 bits per heavy atom. The molecule has 1 aromatic carbocycles. The first kappa shape index (κ1) is 20.5. The van der Waals surface area contributed by atoms with E-state index in [9.17, 15) is 8.42 Å². The molecule has 0 spiro atoms. The second-order valence-corrected chi connectivity index (χ2v) is 7.98. The Bertz CT molecular complexity index is 840. The van der Waals surface area contributed by atoms with Crippen molar-refractivity contribution >= 4 is 22.2 Å². The third kappa shape index (κ3) is 4.87. The van der Waals surface area contributed by atoms with Gasteiger partial charge in [-0.1, -0.05) is 5.16 Å². The highest BCUT2D eigenvalue weighted by atomic mass is 35.5. The molecule has 144 valence electrons. The van der Waals surface area contributed by atoms with E-state index in [1.807, 2.05) is 14.0 Å². The topological polar surface area (TPSA) is 104 Å². The molecule has 0 saturated carbocycles. The molecule has 1 atom stereocenters. The Morgan fingerprint density at radius 3 is 2.69 bits per heavy atom. The minimum atomic E-state index is -3.49. The number of likely N-dealkylation sites (N-methyl/N-ethyl adjacent to an activating group) is 1. The van der Waals surface area contributed by atoms with Crippen LogP contribution < -0.4 is 14.8 Å². The second kappa shape index (κ2) is 8.70. The van der Waals surface area contributed by atoms with Gasteiger partial charge in [0.2, 0.25) is 5.89 Å². The number of nitrogens with zero attached hydrogens (tertiary/aromatic N) is 2. The van der Waals surface area contributed by atoms with Gasteiger partial charge in [-0.05, 0) is 26.1 Å². The number of aromatic nitrogens is 2. The van der Waals surface area contributed by atoms with Crippen LogP contribution >= 0.6 is 12.4 Å².